The third-order valence-electron chi connectivity index (χ3n) is 5.80. The molecule has 150 valence electrons. The summed E-state index contributed by atoms with van der Waals surface area (Å²) in [5, 5.41) is 0. The molecule has 5 rings (SSSR count). The fraction of sp³-hybridized carbons (Fsp3) is 0.0667. The van der Waals surface area contributed by atoms with Crippen LogP contribution in [0, 0.1) is 6.92 Å². The molecular weight excluding hydrogens is 374 g/mol. The lowest BCUT2D eigenvalue weighted by Gasteiger charge is -2.38. The van der Waals surface area contributed by atoms with Crippen molar-refractivity contribution in [1.82, 2.24) is 0 Å². The van der Waals surface area contributed by atoms with E-state index in [9.17, 15) is 0 Å². The SMILES string of the molecule is Cc1ccc(N2C(c3ccccc3)=CC(c3ccccc3)=CC2c2ccccc2)cc1. The van der Waals surface area contributed by atoms with Crippen LogP contribution in [0.1, 0.15) is 28.3 Å². The fourth-order valence-corrected chi connectivity index (χ4v) is 4.20. The zero-order valence-corrected chi connectivity index (χ0v) is 17.6. The zero-order valence-electron chi connectivity index (χ0n) is 17.6. The minimum absolute atomic E-state index is 0.0966. The van der Waals surface area contributed by atoms with Gasteiger partial charge in [0.15, 0.2) is 0 Å². The second-order valence-corrected chi connectivity index (χ2v) is 7.94. The van der Waals surface area contributed by atoms with Crippen molar-refractivity contribution in [3.05, 3.63) is 150 Å². The van der Waals surface area contributed by atoms with Gasteiger partial charge >= 0.3 is 0 Å². The van der Waals surface area contributed by atoms with Gasteiger partial charge < -0.3 is 4.90 Å². The Labute approximate surface area is 184 Å². The van der Waals surface area contributed by atoms with Crippen LogP contribution in [-0.2, 0) is 0 Å². The maximum Gasteiger partial charge on any atom is 0.0784 e. The molecular formula is C30H25N. The molecule has 0 spiro atoms. The molecule has 0 saturated heterocycles. The van der Waals surface area contributed by atoms with E-state index in [2.05, 4.69) is 139 Å². The average Bonchev–Trinajstić information content (AvgIpc) is 2.85. The van der Waals surface area contributed by atoms with Crippen molar-refractivity contribution in [3.8, 4) is 0 Å². The summed E-state index contributed by atoms with van der Waals surface area (Å²) in [5.41, 5.74) is 8.64. The molecule has 1 aliphatic rings. The molecule has 0 aromatic heterocycles. The van der Waals surface area contributed by atoms with Crippen LogP contribution < -0.4 is 4.90 Å². The molecule has 31 heavy (non-hydrogen) atoms. The van der Waals surface area contributed by atoms with Crippen molar-refractivity contribution in [2.75, 3.05) is 4.90 Å². The van der Waals surface area contributed by atoms with Crippen LogP contribution in [0.4, 0.5) is 5.69 Å². The normalized spacial score (nSPS) is 15.9. The number of hydrogen-bond donors (Lipinski definition) is 0. The lowest BCUT2D eigenvalue weighted by molar-refractivity contribution is 0.851. The maximum atomic E-state index is 2.45. The summed E-state index contributed by atoms with van der Waals surface area (Å²) in [6, 6.07) is 41.1. The van der Waals surface area contributed by atoms with Gasteiger partial charge in [0.05, 0.1) is 6.04 Å². The highest BCUT2D eigenvalue weighted by atomic mass is 15.2. The van der Waals surface area contributed by atoms with Gasteiger partial charge in [0.25, 0.3) is 0 Å². The molecule has 1 heterocycles. The molecule has 1 aliphatic heterocycles. The second kappa shape index (κ2) is 8.49. The molecule has 0 amide bonds. The smallest absolute Gasteiger partial charge is 0.0784 e. The van der Waals surface area contributed by atoms with Gasteiger partial charge in [-0.1, -0.05) is 109 Å². The van der Waals surface area contributed by atoms with Crippen LogP contribution in [0.3, 0.4) is 0 Å². The first kappa shape index (κ1) is 19.1. The van der Waals surface area contributed by atoms with Gasteiger partial charge in [-0.25, -0.2) is 0 Å². The van der Waals surface area contributed by atoms with Gasteiger partial charge in [0.2, 0.25) is 0 Å². The van der Waals surface area contributed by atoms with Gasteiger partial charge in [-0.15, -0.1) is 0 Å². The van der Waals surface area contributed by atoms with Crippen molar-refractivity contribution < 1.29 is 0 Å². The first-order chi connectivity index (χ1) is 15.3. The molecule has 1 unspecified atom stereocenters. The van der Waals surface area contributed by atoms with E-state index in [-0.39, 0.29) is 6.04 Å². The summed E-state index contributed by atoms with van der Waals surface area (Å²) < 4.78 is 0. The van der Waals surface area contributed by atoms with Gasteiger partial charge in [-0.2, -0.15) is 0 Å². The minimum atomic E-state index is 0.0966. The quantitative estimate of drug-likeness (QED) is 0.340. The Morgan fingerprint density at radius 2 is 1.13 bits per heavy atom. The molecule has 0 saturated carbocycles. The molecule has 1 atom stereocenters. The Hall–Kier alpha value is -3.84. The van der Waals surface area contributed by atoms with E-state index in [1.807, 2.05) is 0 Å². The Morgan fingerprint density at radius 1 is 0.581 bits per heavy atom. The van der Waals surface area contributed by atoms with Gasteiger partial charge in [-0.3, -0.25) is 0 Å². The molecule has 1 heteroatoms. The largest absolute Gasteiger partial charge is 0.330 e. The standard InChI is InChI=1S/C30H25N/c1-23-17-19-28(20-18-23)31-29(25-13-7-3-8-14-25)21-27(24-11-5-2-6-12-24)22-30(31)26-15-9-4-10-16-26/h2-22,29H,1H3. The summed E-state index contributed by atoms with van der Waals surface area (Å²) in [4.78, 5) is 2.45. The summed E-state index contributed by atoms with van der Waals surface area (Å²) in [6.07, 6.45) is 4.71. The van der Waals surface area contributed by atoms with Gasteiger partial charge in [-0.05, 0) is 53.5 Å². The number of aryl methyl sites for hydroxylation is 1. The summed E-state index contributed by atoms with van der Waals surface area (Å²) in [7, 11) is 0. The monoisotopic (exact) mass is 399 g/mol. The maximum absolute atomic E-state index is 2.45. The number of allylic oxidation sites excluding steroid dienone is 2. The summed E-state index contributed by atoms with van der Waals surface area (Å²) in [6.45, 7) is 2.13. The van der Waals surface area contributed by atoms with Crippen LogP contribution in [0.15, 0.2) is 127 Å². The first-order valence-corrected chi connectivity index (χ1v) is 10.7. The molecule has 0 fully saturated rings. The lowest BCUT2D eigenvalue weighted by atomic mass is 9.91. The molecule has 0 aliphatic carbocycles. The van der Waals surface area contributed by atoms with Crippen LogP contribution in [-0.4, -0.2) is 0 Å². The van der Waals surface area contributed by atoms with E-state index in [1.165, 1.54) is 39.2 Å². The number of nitrogens with zero attached hydrogens (tertiary/aromatic N) is 1. The van der Waals surface area contributed by atoms with Crippen molar-refractivity contribution in [1.29, 1.82) is 0 Å². The van der Waals surface area contributed by atoms with Crippen molar-refractivity contribution in [2.24, 2.45) is 0 Å². The van der Waals surface area contributed by atoms with Crippen LogP contribution in [0.25, 0.3) is 11.3 Å². The van der Waals surface area contributed by atoms with Gasteiger partial charge in [0, 0.05) is 11.4 Å². The Kier molecular flexibility index (Phi) is 5.24. The van der Waals surface area contributed by atoms with Crippen LogP contribution >= 0.6 is 0 Å². The number of rotatable bonds is 4. The summed E-state index contributed by atoms with van der Waals surface area (Å²) in [5.74, 6) is 0. The number of anilines is 1. The number of benzene rings is 4. The predicted molar refractivity (Wildman–Crippen MR) is 132 cm³/mol. The molecule has 4 aromatic carbocycles. The number of hydrogen-bond acceptors (Lipinski definition) is 1. The zero-order chi connectivity index (χ0) is 21.0. The Balaban J connectivity index is 1.73. The Morgan fingerprint density at radius 3 is 1.74 bits per heavy atom. The highest BCUT2D eigenvalue weighted by Crippen LogP contribution is 2.42. The predicted octanol–water partition coefficient (Wildman–Crippen LogP) is 7.68. The van der Waals surface area contributed by atoms with Gasteiger partial charge in [0.1, 0.15) is 0 Å². The first-order valence-electron chi connectivity index (χ1n) is 10.7. The molecule has 1 nitrogen and oxygen atoms in total. The van der Waals surface area contributed by atoms with E-state index in [0.717, 1.165) is 0 Å². The molecule has 0 N–H and O–H groups in total. The topological polar surface area (TPSA) is 3.24 Å². The van der Waals surface area contributed by atoms with E-state index >= 15 is 0 Å². The molecule has 4 aromatic rings. The highest BCUT2D eigenvalue weighted by Gasteiger charge is 2.27. The van der Waals surface area contributed by atoms with E-state index in [0.29, 0.717) is 0 Å². The third kappa shape index (κ3) is 3.95. The third-order valence-corrected chi connectivity index (χ3v) is 5.80. The average molecular weight is 400 g/mol. The molecule has 0 bridgehead atoms. The van der Waals surface area contributed by atoms with Crippen molar-refractivity contribution >= 4 is 17.0 Å². The van der Waals surface area contributed by atoms with Crippen LogP contribution in [0.5, 0.6) is 0 Å². The van der Waals surface area contributed by atoms with E-state index in [1.54, 1.807) is 0 Å². The molecule has 0 radical (unpaired) electrons. The van der Waals surface area contributed by atoms with Crippen LogP contribution in [0.2, 0.25) is 0 Å². The Bertz CT molecular complexity index is 1200. The summed E-state index contributed by atoms with van der Waals surface area (Å²) >= 11 is 0. The minimum Gasteiger partial charge on any atom is -0.330 e. The van der Waals surface area contributed by atoms with E-state index in [4.69, 9.17) is 0 Å². The fourth-order valence-electron chi connectivity index (χ4n) is 4.20. The highest BCUT2D eigenvalue weighted by molar-refractivity contribution is 5.93. The van der Waals surface area contributed by atoms with E-state index < -0.39 is 0 Å². The van der Waals surface area contributed by atoms with Crippen molar-refractivity contribution in [2.45, 2.75) is 13.0 Å². The van der Waals surface area contributed by atoms with Crippen molar-refractivity contribution in [3.63, 3.8) is 0 Å². The second-order valence-electron chi connectivity index (χ2n) is 7.94. The lowest BCUT2D eigenvalue weighted by Crippen LogP contribution is -2.28.